The zero-order valence-corrected chi connectivity index (χ0v) is 14.6. The molecule has 6 nitrogen and oxygen atoms in total. The van der Waals surface area contributed by atoms with Crippen LogP contribution in [0.3, 0.4) is 0 Å². The van der Waals surface area contributed by atoms with Crippen LogP contribution < -0.4 is 11.1 Å². The van der Waals surface area contributed by atoms with Crippen LogP contribution in [0.4, 0.5) is 0 Å². The Morgan fingerprint density at radius 2 is 1.77 bits per heavy atom. The maximum absolute atomic E-state index is 12.2. The summed E-state index contributed by atoms with van der Waals surface area (Å²) >= 11 is 1.36. The van der Waals surface area contributed by atoms with E-state index in [1.54, 1.807) is 41.8 Å². The van der Waals surface area contributed by atoms with E-state index in [2.05, 4.69) is 10.3 Å². The minimum atomic E-state index is -0.482. The molecule has 2 amide bonds. The number of aromatic nitrogens is 1. The zero-order valence-electron chi connectivity index (χ0n) is 13.8. The molecule has 4 N–H and O–H groups in total. The first kappa shape index (κ1) is 17.6. The number of hydrogen-bond acceptors (Lipinski definition) is 5. The molecule has 0 aliphatic carbocycles. The molecule has 0 bridgehead atoms. The van der Waals surface area contributed by atoms with Gasteiger partial charge < -0.3 is 16.2 Å². The molecule has 7 heteroatoms. The highest BCUT2D eigenvalue weighted by Gasteiger charge is 2.12. The SMILES string of the molecule is NC(=O)c1ccc(-c2nc(C(=O)NCCc3ccc(O)cc3)cs2)cc1. The molecule has 0 unspecified atom stereocenters. The summed E-state index contributed by atoms with van der Waals surface area (Å²) in [5.41, 5.74) is 7.86. The third kappa shape index (κ3) is 4.25. The lowest BCUT2D eigenvalue weighted by molar-refractivity contribution is 0.0948. The molecule has 132 valence electrons. The maximum atomic E-state index is 12.2. The van der Waals surface area contributed by atoms with E-state index in [9.17, 15) is 14.7 Å². The second-order valence-corrected chi connectivity index (χ2v) is 6.51. The van der Waals surface area contributed by atoms with E-state index in [-0.39, 0.29) is 11.7 Å². The standard InChI is InChI=1S/C19H17N3O3S/c20-17(24)13-3-5-14(6-4-13)19-22-16(11-26-19)18(25)21-10-9-12-1-7-15(23)8-2-12/h1-8,11,23H,9-10H2,(H2,20,24)(H,21,25). The third-order valence-electron chi connectivity index (χ3n) is 3.79. The molecule has 1 aromatic heterocycles. The highest BCUT2D eigenvalue weighted by Crippen LogP contribution is 2.24. The number of nitrogens with zero attached hydrogens (tertiary/aromatic N) is 1. The van der Waals surface area contributed by atoms with Gasteiger partial charge in [0.25, 0.3) is 5.91 Å². The van der Waals surface area contributed by atoms with E-state index >= 15 is 0 Å². The monoisotopic (exact) mass is 367 g/mol. The van der Waals surface area contributed by atoms with Crippen molar-refractivity contribution in [3.63, 3.8) is 0 Å². The average molecular weight is 367 g/mol. The van der Waals surface area contributed by atoms with Crippen LogP contribution in [0.5, 0.6) is 5.75 Å². The van der Waals surface area contributed by atoms with Gasteiger partial charge in [0, 0.05) is 23.1 Å². The normalized spacial score (nSPS) is 10.5. The molecule has 0 saturated carbocycles. The van der Waals surface area contributed by atoms with Crippen LogP contribution in [0.25, 0.3) is 10.6 Å². The number of phenols is 1. The number of primary amides is 1. The van der Waals surface area contributed by atoms with E-state index in [0.29, 0.717) is 29.2 Å². The second kappa shape index (κ2) is 7.79. The van der Waals surface area contributed by atoms with Crippen LogP contribution in [0.2, 0.25) is 0 Å². The summed E-state index contributed by atoms with van der Waals surface area (Å²) in [7, 11) is 0. The molecular weight excluding hydrogens is 350 g/mol. The molecule has 0 spiro atoms. The number of nitrogens with two attached hydrogens (primary N) is 1. The number of carbonyl (C=O) groups excluding carboxylic acids is 2. The highest BCUT2D eigenvalue weighted by molar-refractivity contribution is 7.13. The fourth-order valence-electron chi connectivity index (χ4n) is 2.36. The van der Waals surface area contributed by atoms with Crippen molar-refractivity contribution in [3.8, 4) is 16.3 Å². The molecule has 0 aliphatic heterocycles. The molecule has 2 aromatic carbocycles. The van der Waals surface area contributed by atoms with Crippen LogP contribution in [0, 0.1) is 0 Å². The predicted octanol–water partition coefficient (Wildman–Crippen LogP) is 2.59. The highest BCUT2D eigenvalue weighted by atomic mass is 32.1. The van der Waals surface area contributed by atoms with Gasteiger partial charge in [-0.25, -0.2) is 4.98 Å². The molecule has 0 atom stereocenters. The zero-order chi connectivity index (χ0) is 18.5. The van der Waals surface area contributed by atoms with Gasteiger partial charge in [0.1, 0.15) is 16.5 Å². The summed E-state index contributed by atoms with van der Waals surface area (Å²) in [6, 6.07) is 13.7. The summed E-state index contributed by atoms with van der Waals surface area (Å²) in [5, 5.41) is 14.5. The minimum Gasteiger partial charge on any atom is -0.508 e. The molecule has 3 aromatic rings. The number of aromatic hydroxyl groups is 1. The number of amides is 2. The first-order valence-electron chi connectivity index (χ1n) is 7.95. The fourth-order valence-corrected chi connectivity index (χ4v) is 3.17. The maximum Gasteiger partial charge on any atom is 0.270 e. The van der Waals surface area contributed by atoms with E-state index in [1.165, 1.54) is 11.3 Å². The topological polar surface area (TPSA) is 105 Å². The Bertz CT molecular complexity index is 918. The van der Waals surface area contributed by atoms with Gasteiger partial charge in [0.05, 0.1) is 0 Å². The smallest absolute Gasteiger partial charge is 0.270 e. The Balaban J connectivity index is 1.59. The lowest BCUT2D eigenvalue weighted by Crippen LogP contribution is -2.25. The second-order valence-electron chi connectivity index (χ2n) is 5.65. The Hall–Kier alpha value is -3.19. The van der Waals surface area contributed by atoms with Gasteiger partial charge in [-0.2, -0.15) is 0 Å². The van der Waals surface area contributed by atoms with Crippen LogP contribution in [-0.2, 0) is 6.42 Å². The Kier molecular flexibility index (Phi) is 5.28. The molecule has 0 aliphatic rings. The number of carbonyl (C=O) groups is 2. The van der Waals surface area contributed by atoms with Gasteiger partial charge in [-0.15, -0.1) is 11.3 Å². The lowest BCUT2D eigenvalue weighted by atomic mass is 10.1. The number of nitrogens with one attached hydrogen (secondary N) is 1. The number of benzene rings is 2. The van der Waals surface area contributed by atoms with E-state index < -0.39 is 5.91 Å². The number of rotatable bonds is 6. The molecule has 0 saturated heterocycles. The van der Waals surface area contributed by atoms with Gasteiger partial charge in [-0.1, -0.05) is 24.3 Å². The van der Waals surface area contributed by atoms with Crippen LogP contribution in [0.15, 0.2) is 53.9 Å². The molecule has 0 radical (unpaired) electrons. The first-order valence-corrected chi connectivity index (χ1v) is 8.83. The van der Waals surface area contributed by atoms with Crippen molar-refractivity contribution >= 4 is 23.2 Å². The van der Waals surface area contributed by atoms with Gasteiger partial charge in [-0.3, -0.25) is 9.59 Å². The summed E-state index contributed by atoms with van der Waals surface area (Å²) in [4.78, 5) is 27.7. The van der Waals surface area contributed by atoms with E-state index in [0.717, 1.165) is 11.1 Å². The summed E-state index contributed by atoms with van der Waals surface area (Å²) in [6.07, 6.45) is 0.664. The van der Waals surface area contributed by atoms with Crippen molar-refractivity contribution < 1.29 is 14.7 Å². The van der Waals surface area contributed by atoms with Gasteiger partial charge in [0.15, 0.2) is 0 Å². The van der Waals surface area contributed by atoms with E-state index in [1.807, 2.05) is 12.1 Å². The molecular formula is C19H17N3O3S. The number of hydrogen-bond donors (Lipinski definition) is 3. The molecule has 3 rings (SSSR count). The summed E-state index contributed by atoms with van der Waals surface area (Å²) < 4.78 is 0. The van der Waals surface area contributed by atoms with Crippen molar-refractivity contribution in [2.75, 3.05) is 6.54 Å². The van der Waals surface area contributed by atoms with Crippen molar-refractivity contribution in [2.45, 2.75) is 6.42 Å². The lowest BCUT2D eigenvalue weighted by Gasteiger charge is -2.04. The molecule has 1 heterocycles. The van der Waals surface area contributed by atoms with Crippen molar-refractivity contribution in [3.05, 3.63) is 70.7 Å². The summed E-state index contributed by atoms with van der Waals surface area (Å²) in [6.45, 7) is 0.476. The van der Waals surface area contributed by atoms with Crippen molar-refractivity contribution in [1.82, 2.24) is 10.3 Å². The van der Waals surface area contributed by atoms with Gasteiger partial charge in [-0.05, 0) is 36.2 Å². The van der Waals surface area contributed by atoms with Crippen molar-refractivity contribution in [1.29, 1.82) is 0 Å². The number of thiazole rings is 1. The first-order chi connectivity index (χ1) is 12.5. The van der Waals surface area contributed by atoms with E-state index in [4.69, 9.17) is 5.73 Å². The van der Waals surface area contributed by atoms with Crippen LogP contribution in [0.1, 0.15) is 26.4 Å². The minimum absolute atomic E-state index is 0.219. The molecule has 26 heavy (non-hydrogen) atoms. The largest absolute Gasteiger partial charge is 0.508 e. The van der Waals surface area contributed by atoms with Crippen molar-refractivity contribution in [2.24, 2.45) is 5.73 Å². The number of phenolic OH excluding ortho intramolecular Hbond substituents is 1. The van der Waals surface area contributed by atoms with Gasteiger partial charge in [0.2, 0.25) is 5.91 Å². The van der Waals surface area contributed by atoms with Crippen LogP contribution >= 0.6 is 11.3 Å². The Labute approximate surface area is 154 Å². The predicted molar refractivity (Wildman–Crippen MR) is 100 cm³/mol. The third-order valence-corrected chi connectivity index (χ3v) is 4.68. The van der Waals surface area contributed by atoms with Crippen LogP contribution in [-0.4, -0.2) is 28.4 Å². The average Bonchev–Trinajstić information content (AvgIpc) is 3.13. The quantitative estimate of drug-likeness (QED) is 0.623. The Morgan fingerprint density at radius 1 is 1.08 bits per heavy atom. The van der Waals surface area contributed by atoms with Gasteiger partial charge >= 0.3 is 0 Å². The summed E-state index contributed by atoms with van der Waals surface area (Å²) in [5.74, 6) is -0.499. The Morgan fingerprint density at radius 3 is 2.42 bits per heavy atom. The molecule has 0 fully saturated rings. The fraction of sp³-hybridized carbons (Fsp3) is 0.105.